The van der Waals surface area contributed by atoms with E-state index in [2.05, 4.69) is 6.07 Å². The van der Waals surface area contributed by atoms with Gasteiger partial charge in [0.25, 0.3) is 0 Å². The van der Waals surface area contributed by atoms with Gasteiger partial charge in [-0.15, -0.1) is 0 Å². The molecule has 0 amide bonds. The van der Waals surface area contributed by atoms with Gasteiger partial charge in [0.2, 0.25) is 0 Å². The van der Waals surface area contributed by atoms with E-state index >= 15 is 0 Å². The third-order valence-corrected chi connectivity index (χ3v) is 4.15. The van der Waals surface area contributed by atoms with E-state index < -0.39 is 0 Å². The Morgan fingerprint density at radius 3 is 2.32 bits per heavy atom. The average molecular weight is 265 g/mol. The molecule has 1 aromatic carbocycles. The molecular formula is C15H23NO3. The van der Waals surface area contributed by atoms with E-state index in [0.717, 1.165) is 35.5 Å². The first-order valence-electron chi connectivity index (χ1n) is 6.65. The zero-order chi connectivity index (χ0) is 13.9. The molecule has 0 spiro atoms. The first kappa shape index (κ1) is 14.2. The number of nitrogens with two attached hydrogens (primary N) is 1. The maximum atomic E-state index is 6.01. The highest BCUT2D eigenvalue weighted by molar-refractivity contribution is 5.51. The summed E-state index contributed by atoms with van der Waals surface area (Å²) in [4.78, 5) is 0. The topological polar surface area (TPSA) is 53.7 Å². The van der Waals surface area contributed by atoms with Crippen molar-refractivity contribution in [3.63, 3.8) is 0 Å². The van der Waals surface area contributed by atoms with Crippen LogP contribution in [0.3, 0.4) is 0 Å². The van der Waals surface area contributed by atoms with E-state index in [1.165, 1.54) is 6.42 Å². The van der Waals surface area contributed by atoms with Crippen LogP contribution < -0.4 is 15.2 Å². The SMILES string of the molecule is COCc1cc(OC)cc(C2(CN)CCC2)c1OC. The van der Waals surface area contributed by atoms with Crippen LogP contribution in [0, 0.1) is 0 Å². The average Bonchev–Trinajstić information content (AvgIpc) is 2.38. The van der Waals surface area contributed by atoms with E-state index in [9.17, 15) is 0 Å². The molecule has 2 rings (SSSR count). The van der Waals surface area contributed by atoms with Crippen LogP contribution >= 0.6 is 0 Å². The number of hydrogen-bond donors (Lipinski definition) is 1. The highest BCUT2D eigenvalue weighted by Crippen LogP contribution is 2.48. The number of rotatable bonds is 6. The summed E-state index contributed by atoms with van der Waals surface area (Å²) in [5.74, 6) is 1.73. The van der Waals surface area contributed by atoms with Crippen molar-refractivity contribution in [3.8, 4) is 11.5 Å². The van der Waals surface area contributed by atoms with E-state index in [1.807, 2.05) is 6.07 Å². The molecule has 0 unspecified atom stereocenters. The monoisotopic (exact) mass is 265 g/mol. The van der Waals surface area contributed by atoms with E-state index in [0.29, 0.717) is 13.2 Å². The molecule has 0 saturated heterocycles. The Morgan fingerprint density at radius 2 is 1.89 bits per heavy atom. The summed E-state index contributed by atoms with van der Waals surface area (Å²) in [6.45, 7) is 1.15. The van der Waals surface area contributed by atoms with Crippen molar-refractivity contribution in [2.24, 2.45) is 5.73 Å². The summed E-state index contributed by atoms with van der Waals surface area (Å²) in [5, 5.41) is 0. The first-order valence-corrected chi connectivity index (χ1v) is 6.65. The number of benzene rings is 1. The van der Waals surface area contributed by atoms with Crippen LogP contribution in [0.1, 0.15) is 30.4 Å². The van der Waals surface area contributed by atoms with Crippen LogP contribution in [0.15, 0.2) is 12.1 Å². The molecule has 4 nitrogen and oxygen atoms in total. The van der Waals surface area contributed by atoms with Crippen LogP contribution in [-0.2, 0) is 16.8 Å². The Kier molecular flexibility index (Phi) is 4.32. The summed E-state index contributed by atoms with van der Waals surface area (Å²) in [7, 11) is 5.06. The van der Waals surface area contributed by atoms with Gasteiger partial charge in [0.05, 0.1) is 20.8 Å². The molecule has 0 bridgehead atoms. The maximum absolute atomic E-state index is 6.01. The minimum atomic E-state index is 0.0440. The zero-order valence-electron chi connectivity index (χ0n) is 12.0. The molecule has 0 atom stereocenters. The van der Waals surface area contributed by atoms with Gasteiger partial charge in [-0.05, 0) is 25.0 Å². The number of ether oxygens (including phenoxy) is 3. The maximum Gasteiger partial charge on any atom is 0.128 e. The predicted molar refractivity (Wildman–Crippen MR) is 74.8 cm³/mol. The molecule has 19 heavy (non-hydrogen) atoms. The van der Waals surface area contributed by atoms with Crippen LogP contribution in [0.4, 0.5) is 0 Å². The Morgan fingerprint density at radius 1 is 1.16 bits per heavy atom. The zero-order valence-corrected chi connectivity index (χ0v) is 12.0. The molecule has 1 aliphatic carbocycles. The summed E-state index contributed by atoms with van der Waals surface area (Å²) in [6.07, 6.45) is 3.44. The summed E-state index contributed by atoms with van der Waals surface area (Å²) in [5.41, 5.74) is 8.23. The van der Waals surface area contributed by atoms with Crippen molar-refractivity contribution < 1.29 is 14.2 Å². The van der Waals surface area contributed by atoms with Gasteiger partial charge in [0, 0.05) is 30.2 Å². The largest absolute Gasteiger partial charge is 0.497 e. The van der Waals surface area contributed by atoms with Gasteiger partial charge in [-0.1, -0.05) is 6.42 Å². The molecule has 0 aliphatic heterocycles. The normalized spacial score (nSPS) is 16.8. The van der Waals surface area contributed by atoms with E-state index in [-0.39, 0.29) is 5.41 Å². The van der Waals surface area contributed by atoms with Gasteiger partial charge in [-0.2, -0.15) is 0 Å². The first-order chi connectivity index (χ1) is 9.20. The Bertz CT molecular complexity index is 436. The lowest BCUT2D eigenvalue weighted by atomic mass is 9.64. The second-order valence-corrected chi connectivity index (χ2v) is 5.14. The fourth-order valence-corrected chi connectivity index (χ4v) is 2.86. The van der Waals surface area contributed by atoms with Gasteiger partial charge >= 0.3 is 0 Å². The van der Waals surface area contributed by atoms with Gasteiger partial charge in [0.1, 0.15) is 11.5 Å². The standard InChI is InChI=1S/C15H23NO3/c1-17-9-11-7-12(18-2)8-13(14(11)19-3)15(10-16)5-4-6-15/h7-8H,4-6,9-10,16H2,1-3H3. The summed E-state index contributed by atoms with van der Waals surface area (Å²) in [6, 6.07) is 4.03. The van der Waals surface area contributed by atoms with Crippen molar-refractivity contribution in [2.75, 3.05) is 27.9 Å². The molecule has 106 valence electrons. The summed E-state index contributed by atoms with van der Waals surface area (Å²) < 4.78 is 16.3. The molecule has 4 heteroatoms. The molecule has 0 aromatic heterocycles. The second kappa shape index (κ2) is 5.80. The van der Waals surface area contributed by atoms with Crippen molar-refractivity contribution in [2.45, 2.75) is 31.3 Å². The molecule has 1 saturated carbocycles. The van der Waals surface area contributed by atoms with Crippen molar-refractivity contribution in [1.29, 1.82) is 0 Å². The molecule has 0 radical (unpaired) electrons. The lowest BCUT2D eigenvalue weighted by Gasteiger charge is -2.42. The fourth-order valence-electron chi connectivity index (χ4n) is 2.86. The highest BCUT2D eigenvalue weighted by Gasteiger charge is 2.40. The predicted octanol–water partition coefficient (Wildman–Crippen LogP) is 2.23. The second-order valence-electron chi connectivity index (χ2n) is 5.14. The summed E-state index contributed by atoms with van der Waals surface area (Å²) >= 11 is 0. The quantitative estimate of drug-likeness (QED) is 0.857. The van der Waals surface area contributed by atoms with Crippen LogP contribution in [0.2, 0.25) is 0 Å². The van der Waals surface area contributed by atoms with E-state index in [1.54, 1.807) is 21.3 Å². The minimum Gasteiger partial charge on any atom is -0.497 e. The Hall–Kier alpha value is -1.26. The van der Waals surface area contributed by atoms with Gasteiger partial charge < -0.3 is 19.9 Å². The lowest BCUT2D eigenvalue weighted by Crippen LogP contribution is -2.42. The molecule has 1 fully saturated rings. The smallest absolute Gasteiger partial charge is 0.128 e. The third-order valence-electron chi connectivity index (χ3n) is 4.15. The highest BCUT2D eigenvalue weighted by atomic mass is 16.5. The third kappa shape index (κ3) is 2.42. The minimum absolute atomic E-state index is 0.0440. The van der Waals surface area contributed by atoms with Crippen LogP contribution in [0.5, 0.6) is 11.5 Å². The molecule has 2 N–H and O–H groups in total. The van der Waals surface area contributed by atoms with Crippen molar-refractivity contribution in [3.05, 3.63) is 23.3 Å². The van der Waals surface area contributed by atoms with Gasteiger partial charge in [-0.25, -0.2) is 0 Å². The van der Waals surface area contributed by atoms with Gasteiger partial charge in [0.15, 0.2) is 0 Å². The van der Waals surface area contributed by atoms with Gasteiger partial charge in [-0.3, -0.25) is 0 Å². The molecule has 0 heterocycles. The van der Waals surface area contributed by atoms with Crippen LogP contribution in [0.25, 0.3) is 0 Å². The molecule has 1 aromatic rings. The number of methoxy groups -OCH3 is 3. The van der Waals surface area contributed by atoms with Crippen molar-refractivity contribution in [1.82, 2.24) is 0 Å². The molecule has 1 aliphatic rings. The Labute approximate surface area is 114 Å². The lowest BCUT2D eigenvalue weighted by molar-refractivity contribution is 0.179. The van der Waals surface area contributed by atoms with E-state index in [4.69, 9.17) is 19.9 Å². The number of hydrogen-bond acceptors (Lipinski definition) is 4. The fraction of sp³-hybridized carbons (Fsp3) is 0.600. The molecular weight excluding hydrogens is 242 g/mol. The Balaban J connectivity index is 2.53. The van der Waals surface area contributed by atoms with Crippen molar-refractivity contribution >= 4 is 0 Å². The van der Waals surface area contributed by atoms with Crippen LogP contribution in [-0.4, -0.2) is 27.9 Å².